The molecule has 2 aliphatic rings. The summed E-state index contributed by atoms with van der Waals surface area (Å²) in [6.07, 6.45) is 5.84. The summed E-state index contributed by atoms with van der Waals surface area (Å²) in [7, 11) is 0. The van der Waals surface area contributed by atoms with Crippen LogP contribution in [-0.2, 0) is 21.3 Å². The fourth-order valence-electron chi connectivity index (χ4n) is 4.16. The molecule has 1 saturated heterocycles. The number of benzene rings is 1. The van der Waals surface area contributed by atoms with Crippen LogP contribution in [0.3, 0.4) is 0 Å². The first-order chi connectivity index (χ1) is 11.7. The van der Waals surface area contributed by atoms with E-state index in [-0.39, 0.29) is 11.2 Å². The molecule has 0 atom stereocenters. The predicted molar refractivity (Wildman–Crippen MR) is 88.6 cm³/mol. The van der Waals surface area contributed by atoms with Gasteiger partial charge in [-0.1, -0.05) is 35.5 Å². The third-order valence-electron chi connectivity index (χ3n) is 5.56. The van der Waals surface area contributed by atoms with Crippen molar-refractivity contribution in [2.45, 2.75) is 56.7 Å². The lowest BCUT2D eigenvalue weighted by atomic mass is 9.65. The average Bonchev–Trinajstić information content (AvgIpc) is 3.25. The van der Waals surface area contributed by atoms with Gasteiger partial charge >= 0.3 is 0 Å². The van der Waals surface area contributed by atoms with Crippen LogP contribution in [0, 0.1) is 6.92 Å². The molecule has 24 heavy (non-hydrogen) atoms. The summed E-state index contributed by atoms with van der Waals surface area (Å²) in [6.45, 7) is 3.30. The Morgan fingerprint density at radius 1 is 1.00 bits per heavy atom. The Morgan fingerprint density at radius 2 is 1.71 bits per heavy atom. The highest BCUT2D eigenvalue weighted by atomic mass is 16.7. The minimum Gasteiger partial charge on any atom is -0.348 e. The molecule has 0 unspecified atom stereocenters. The molecule has 5 heteroatoms. The molecule has 0 radical (unpaired) electrons. The summed E-state index contributed by atoms with van der Waals surface area (Å²) in [4.78, 5) is 4.36. The molecular weight excluding hydrogens is 304 g/mol. The monoisotopic (exact) mass is 328 g/mol. The number of hydrogen-bond acceptors (Lipinski definition) is 5. The van der Waals surface area contributed by atoms with Gasteiger partial charge in [0.2, 0.25) is 5.89 Å². The maximum Gasteiger partial charge on any atom is 0.226 e. The smallest absolute Gasteiger partial charge is 0.226 e. The van der Waals surface area contributed by atoms with E-state index in [1.807, 2.05) is 6.92 Å². The van der Waals surface area contributed by atoms with Gasteiger partial charge in [-0.15, -0.1) is 0 Å². The summed E-state index contributed by atoms with van der Waals surface area (Å²) in [5.41, 5.74) is 1.53. The van der Waals surface area contributed by atoms with Gasteiger partial charge in [0.05, 0.1) is 13.2 Å². The van der Waals surface area contributed by atoms with Crippen LogP contribution >= 0.6 is 0 Å². The Hall–Kier alpha value is -1.72. The quantitative estimate of drug-likeness (QED) is 0.859. The zero-order valence-electron chi connectivity index (χ0n) is 14.2. The Morgan fingerprint density at radius 3 is 2.33 bits per heavy atom. The molecule has 0 amide bonds. The van der Waals surface area contributed by atoms with Gasteiger partial charge in [-0.25, -0.2) is 0 Å². The lowest BCUT2D eigenvalue weighted by Crippen LogP contribution is -2.42. The van der Waals surface area contributed by atoms with E-state index in [0.29, 0.717) is 5.82 Å². The largest absolute Gasteiger partial charge is 0.348 e. The van der Waals surface area contributed by atoms with Gasteiger partial charge in [-0.2, -0.15) is 4.98 Å². The van der Waals surface area contributed by atoms with Crippen molar-refractivity contribution in [3.05, 3.63) is 47.6 Å². The van der Waals surface area contributed by atoms with E-state index in [9.17, 15) is 0 Å². The second kappa shape index (κ2) is 6.30. The molecule has 2 aromatic rings. The van der Waals surface area contributed by atoms with Gasteiger partial charge in [0, 0.05) is 19.3 Å². The van der Waals surface area contributed by atoms with Crippen LogP contribution in [0.2, 0.25) is 0 Å². The maximum atomic E-state index is 5.91. The zero-order valence-corrected chi connectivity index (χ0v) is 14.2. The highest BCUT2D eigenvalue weighted by Gasteiger charge is 2.46. The molecule has 1 aromatic heterocycles. The Bertz CT molecular complexity index is 667. The summed E-state index contributed by atoms with van der Waals surface area (Å²) >= 11 is 0. The number of rotatable bonds is 4. The van der Waals surface area contributed by atoms with Crippen LogP contribution in [0.5, 0.6) is 0 Å². The molecule has 1 spiro atoms. The number of aromatic nitrogens is 2. The molecule has 4 rings (SSSR count). The molecule has 5 nitrogen and oxygen atoms in total. The van der Waals surface area contributed by atoms with Crippen LogP contribution in [0.15, 0.2) is 34.9 Å². The van der Waals surface area contributed by atoms with Crippen molar-refractivity contribution in [2.24, 2.45) is 0 Å². The molecular formula is C19H24N2O3. The Labute approximate surface area is 142 Å². The van der Waals surface area contributed by atoms with Crippen molar-refractivity contribution in [2.75, 3.05) is 13.2 Å². The van der Waals surface area contributed by atoms with Crippen molar-refractivity contribution in [3.8, 4) is 0 Å². The lowest BCUT2D eigenvalue weighted by Gasteiger charge is -2.44. The highest BCUT2D eigenvalue weighted by Crippen LogP contribution is 2.48. The number of nitrogens with zero attached hydrogens (tertiary/aromatic N) is 2. The topological polar surface area (TPSA) is 57.4 Å². The third-order valence-corrected chi connectivity index (χ3v) is 5.56. The number of hydrogen-bond donors (Lipinski definition) is 0. The number of ether oxygens (including phenoxy) is 2. The van der Waals surface area contributed by atoms with Crippen LogP contribution in [0.4, 0.5) is 0 Å². The SMILES string of the molecule is Cc1noc(CCC2(c3ccccc3)CCC3(CC2)OCCO3)n1. The molecule has 1 saturated carbocycles. The second-order valence-electron chi connectivity index (χ2n) is 6.99. The fourth-order valence-corrected chi connectivity index (χ4v) is 4.16. The van der Waals surface area contributed by atoms with Gasteiger partial charge in [-0.05, 0) is 37.2 Å². The lowest BCUT2D eigenvalue weighted by molar-refractivity contribution is -0.185. The molecule has 1 aromatic carbocycles. The molecule has 0 bridgehead atoms. The summed E-state index contributed by atoms with van der Waals surface area (Å²) in [5, 5.41) is 3.91. The molecule has 1 aliphatic carbocycles. The van der Waals surface area contributed by atoms with E-state index in [0.717, 1.165) is 57.6 Å². The standard InChI is InChI=1S/C19H24N2O3/c1-15-20-17(24-21-15)7-8-18(16-5-3-2-4-6-16)9-11-19(12-10-18)22-13-14-23-19/h2-6H,7-14H2,1H3. The summed E-state index contributed by atoms with van der Waals surface area (Å²) < 4.78 is 17.1. The van der Waals surface area contributed by atoms with Gasteiger partial charge in [-0.3, -0.25) is 0 Å². The van der Waals surface area contributed by atoms with Crippen LogP contribution in [0.25, 0.3) is 0 Å². The van der Waals surface area contributed by atoms with Gasteiger partial charge in [0.15, 0.2) is 11.6 Å². The van der Waals surface area contributed by atoms with Crippen molar-refractivity contribution in [3.63, 3.8) is 0 Å². The Balaban J connectivity index is 1.54. The first-order valence-electron chi connectivity index (χ1n) is 8.83. The molecule has 1 aliphatic heterocycles. The van der Waals surface area contributed by atoms with E-state index in [1.165, 1.54) is 5.56 Å². The van der Waals surface area contributed by atoms with E-state index in [4.69, 9.17) is 14.0 Å². The second-order valence-corrected chi connectivity index (χ2v) is 6.99. The minimum absolute atomic E-state index is 0.129. The van der Waals surface area contributed by atoms with Crippen molar-refractivity contribution in [1.82, 2.24) is 10.1 Å². The molecule has 128 valence electrons. The zero-order chi connectivity index (χ0) is 16.5. The molecule has 2 fully saturated rings. The molecule has 2 heterocycles. The maximum absolute atomic E-state index is 5.91. The Kier molecular flexibility index (Phi) is 4.14. The first-order valence-corrected chi connectivity index (χ1v) is 8.83. The van der Waals surface area contributed by atoms with Crippen LogP contribution < -0.4 is 0 Å². The average molecular weight is 328 g/mol. The van der Waals surface area contributed by atoms with Gasteiger partial charge in [0.1, 0.15) is 0 Å². The minimum atomic E-state index is -0.334. The van der Waals surface area contributed by atoms with E-state index >= 15 is 0 Å². The summed E-state index contributed by atoms with van der Waals surface area (Å²) in [5.74, 6) is 1.10. The third kappa shape index (κ3) is 2.98. The van der Waals surface area contributed by atoms with E-state index in [2.05, 4.69) is 40.5 Å². The molecule has 0 N–H and O–H groups in total. The van der Waals surface area contributed by atoms with E-state index in [1.54, 1.807) is 0 Å². The van der Waals surface area contributed by atoms with Crippen LogP contribution in [-0.4, -0.2) is 29.1 Å². The first kappa shape index (κ1) is 15.8. The van der Waals surface area contributed by atoms with Gasteiger partial charge < -0.3 is 14.0 Å². The van der Waals surface area contributed by atoms with Crippen molar-refractivity contribution >= 4 is 0 Å². The summed E-state index contributed by atoms with van der Waals surface area (Å²) in [6, 6.07) is 10.8. The predicted octanol–water partition coefficient (Wildman–Crippen LogP) is 3.57. The van der Waals surface area contributed by atoms with Crippen molar-refractivity contribution in [1.29, 1.82) is 0 Å². The normalized spacial score (nSPS) is 22.0. The van der Waals surface area contributed by atoms with Crippen molar-refractivity contribution < 1.29 is 14.0 Å². The highest BCUT2D eigenvalue weighted by molar-refractivity contribution is 5.26. The van der Waals surface area contributed by atoms with Gasteiger partial charge in [0.25, 0.3) is 0 Å². The number of aryl methyl sites for hydroxylation is 2. The fraction of sp³-hybridized carbons (Fsp3) is 0.579. The van der Waals surface area contributed by atoms with E-state index < -0.39 is 0 Å². The van der Waals surface area contributed by atoms with Crippen LogP contribution in [0.1, 0.15) is 49.4 Å².